The molecular formula is C14H19ClN2O4S2. The lowest BCUT2D eigenvalue weighted by Gasteiger charge is -2.34. The van der Waals surface area contributed by atoms with Gasteiger partial charge in [-0.1, -0.05) is 11.6 Å². The second kappa shape index (κ2) is 8.34. The summed E-state index contributed by atoms with van der Waals surface area (Å²) in [7, 11) is -3.55. The fraction of sp³-hybridized carbons (Fsp3) is 0.500. The minimum absolute atomic E-state index is 0.0213. The van der Waals surface area contributed by atoms with Gasteiger partial charge in [0.15, 0.2) is 0 Å². The van der Waals surface area contributed by atoms with Gasteiger partial charge < -0.3 is 10.0 Å². The molecule has 1 amide bonds. The fourth-order valence-electron chi connectivity index (χ4n) is 2.25. The average Bonchev–Trinajstić information content (AvgIpc) is 2.55. The summed E-state index contributed by atoms with van der Waals surface area (Å²) in [6.07, 6.45) is 0. The van der Waals surface area contributed by atoms with Gasteiger partial charge in [0.25, 0.3) is 0 Å². The van der Waals surface area contributed by atoms with Crippen molar-refractivity contribution in [2.24, 2.45) is 0 Å². The molecule has 1 aromatic carbocycles. The zero-order valence-corrected chi connectivity index (χ0v) is 14.9. The average molecular weight is 379 g/mol. The maximum Gasteiger partial charge on any atom is 0.243 e. The van der Waals surface area contributed by atoms with Crippen LogP contribution in [0.15, 0.2) is 29.2 Å². The first kappa shape index (κ1) is 18.5. The van der Waals surface area contributed by atoms with E-state index in [0.717, 1.165) is 0 Å². The molecule has 0 radical (unpaired) electrons. The van der Waals surface area contributed by atoms with Gasteiger partial charge in [0.2, 0.25) is 15.9 Å². The molecule has 1 aliphatic heterocycles. The minimum Gasteiger partial charge on any atom is -0.396 e. The van der Waals surface area contributed by atoms with Gasteiger partial charge in [-0.05, 0) is 24.3 Å². The van der Waals surface area contributed by atoms with Crippen molar-refractivity contribution in [2.75, 3.05) is 44.3 Å². The second-order valence-corrected chi connectivity index (χ2v) is 8.49. The number of benzene rings is 1. The Morgan fingerprint density at radius 2 is 1.78 bits per heavy atom. The Labute approximate surface area is 145 Å². The highest BCUT2D eigenvalue weighted by atomic mass is 35.5. The molecule has 0 aliphatic carbocycles. The van der Waals surface area contributed by atoms with Gasteiger partial charge >= 0.3 is 0 Å². The number of amides is 1. The summed E-state index contributed by atoms with van der Waals surface area (Å²) in [5.74, 6) is 0.813. The Kier molecular flexibility index (Phi) is 6.72. The fourth-order valence-corrected chi connectivity index (χ4v) is 4.43. The molecule has 1 N–H and O–H groups in total. The molecule has 0 aromatic heterocycles. The van der Waals surface area contributed by atoms with Crippen LogP contribution < -0.4 is 0 Å². The van der Waals surface area contributed by atoms with Gasteiger partial charge in [-0.15, -0.1) is 11.8 Å². The molecule has 1 saturated heterocycles. The van der Waals surface area contributed by atoms with Crippen molar-refractivity contribution in [1.82, 2.24) is 9.21 Å². The van der Waals surface area contributed by atoms with Crippen molar-refractivity contribution >= 4 is 39.3 Å². The van der Waals surface area contributed by atoms with E-state index in [4.69, 9.17) is 16.7 Å². The van der Waals surface area contributed by atoms with E-state index in [1.54, 1.807) is 17.0 Å². The number of nitrogens with zero attached hydrogens (tertiary/aromatic N) is 2. The minimum atomic E-state index is -3.55. The molecule has 23 heavy (non-hydrogen) atoms. The predicted molar refractivity (Wildman–Crippen MR) is 91.2 cm³/mol. The van der Waals surface area contributed by atoms with Crippen LogP contribution >= 0.6 is 23.4 Å². The van der Waals surface area contributed by atoms with Gasteiger partial charge in [-0.2, -0.15) is 4.31 Å². The second-order valence-electron chi connectivity index (χ2n) is 5.01. The van der Waals surface area contributed by atoms with Crippen LogP contribution in [0.1, 0.15) is 0 Å². The summed E-state index contributed by atoms with van der Waals surface area (Å²) >= 11 is 7.16. The van der Waals surface area contributed by atoms with E-state index < -0.39 is 10.0 Å². The van der Waals surface area contributed by atoms with Gasteiger partial charge in [-0.25, -0.2) is 8.42 Å². The van der Waals surface area contributed by atoms with Crippen LogP contribution in [-0.2, 0) is 14.8 Å². The molecule has 1 heterocycles. The Morgan fingerprint density at radius 3 is 2.35 bits per heavy atom. The van der Waals surface area contributed by atoms with Crippen molar-refractivity contribution in [1.29, 1.82) is 0 Å². The highest BCUT2D eigenvalue weighted by Crippen LogP contribution is 2.20. The number of thioether (sulfide) groups is 1. The number of aliphatic hydroxyl groups excluding tert-OH is 1. The van der Waals surface area contributed by atoms with E-state index in [9.17, 15) is 13.2 Å². The number of rotatable bonds is 6. The topological polar surface area (TPSA) is 77.9 Å². The molecule has 0 unspecified atom stereocenters. The molecule has 0 atom stereocenters. The Hall–Kier alpha value is -0.800. The lowest BCUT2D eigenvalue weighted by atomic mass is 10.3. The van der Waals surface area contributed by atoms with E-state index in [1.165, 1.54) is 28.2 Å². The number of piperazine rings is 1. The van der Waals surface area contributed by atoms with Gasteiger partial charge in [0.05, 0.1) is 17.3 Å². The van der Waals surface area contributed by atoms with Crippen molar-refractivity contribution in [3.8, 4) is 0 Å². The third kappa shape index (κ3) is 4.84. The van der Waals surface area contributed by atoms with E-state index in [-0.39, 0.29) is 30.5 Å². The van der Waals surface area contributed by atoms with Crippen molar-refractivity contribution in [3.63, 3.8) is 0 Å². The third-order valence-electron chi connectivity index (χ3n) is 3.50. The highest BCUT2D eigenvalue weighted by Gasteiger charge is 2.29. The molecule has 128 valence electrons. The summed E-state index contributed by atoms with van der Waals surface area (Å²) in [5, 5.41) is 9.20. The van der Waals surface area contributed by atoms with Crippen molar-refractivity contribution in [2.45, 2.75) is 4.90 Å². The summed E-state index contributed by atoms with van der Waals surface area (Å²) < 4.78 is 26.5. The quantitative estimate of drug-likeness (QED) is 0.744. The Bertz CT molecular complexity index is 629. The first-order valence-corrected chi connectivity index (χ1v) is 10.1. The molecule has 2 rings (SSSR count). The first-order chi connectivity index (χ1) is 10.9. The molecular weight excluding hydrogens is 360 g/mol. The highest BCUT2D eigenvalue weighted by molar-refractivity contribution is 7.99. The molecule has 1 fully saturated rings. The number of halogens is 1. The lowest BCUT2D eigenvalue weighted by molar-refractivity contribution is -0.129. The predicted octanol–water partition coefficient (Wildman–Crippen LogP) is 0.898. The summed E-state index contributed by atoms with van der Waals surface area (Å²) in [5.41, 5.74) is 0. The largest absolute Gasteiger partial charge is 0.396 e. The number of aliphatic hydroxyl groups is 1. The summed E-state index contributed by atoms with van der Waals surface area (Å²) in [4.78, 5) is 13.9. The normalized spacial score (nSPS) is 16.5. The number of hydrogen-bond acceptors (Lipinski definition) is 5. The van der Waals surface area contributed by atoms with Gasteiger partial charge in [-0.3, -0.25) is 4.79 Å². The van der Waals surface area contributed by atoms with Crippen LogP contribution in [0.5, 0.6) is 0 Å². The third-order valence-corrected chi connectivity index (χ3v) is 6.59. The molecule has 0 bridgehead atoms. The zero-order valence-electron chi connectivity index (χ0n) is 12.5. The van der Waals surface area contributed by atoms with Crippen LogP contribution in [0.3, 0.4) is 0 Å². The SMILES string of the molecule is O=C(CSCCO)N1CCN(S(=O)(=O)c2ccc(Cl)cc2)CC1. The van der Waals surface area contributed by atoms with Crippen molar-refractivity contribution in [3.05, 3.63) is 29.3 Å². The standard InChI is InChI=1S/C14H19ClN2O4S2/c15-12-1-3-13(4-2-12)23(20,21)17-7-5-16(6-8-17)14(19)11-22-10-9-18/h1-4,18H,5-11H2. The summed E-state index contributed by atoms with van der Waals surface area (Å²) in [6, 6.07) is 6.07. The number of carbonyl (C=O) groups is 1. The molecule has 1 aliphatic rings. The lowest BCUT2D eigenvalue weighted by Crippen LogP contribution is -2.51. The molecule has 0 spiro atoms. The summed E-state index contributed by atoms with van der Waals surface area (Å²) in [6.45, 7) is 1.37. The van der Waals surface area contributed by atoms with Crippen LogP contribution in [0.4, 0.5) is 0 Å². The zero-order chi connectivity index (χ0) is 16.9. The monoisotopic (exact) mass is 378 g/mol. The number of hydrogen-bond donors (Lipinski definition) is 1. The number of carbonyl (C=O) groups excluding carboxylic acids is 1. The Balaban J connectivity index is 1.93. The maximum absolute atomic E-state index is 12.5. The van der Waals surface area contributed by atoms with E-state index in [0.29, 0.717) is 29.6 Å². The molecule has 0 saturated carbocycles. The van der Waals surface area contributed by atoms with Crippen molar-refractivity contribution < 1.29 is 18.3 Å². The number of sulfonamides is 1. The van der Waals surface area contributed by atoms with Gasteiger partial charge in [0, 0.05) is 37.0 Å². The van der Waals surface area contributed by atoms with Crippen LogP contribution in [0.2, 0.25) is 5.02 Å². The van der Waals surface area contributed by atoms with Gasteiger partial charge in [0.1, 0.15) is 0 Å². The first-order valence-electron chi connectivity index (χ1n) is 7.17. The van der Waals surface area contributed by atoms with Crippen LogP contribution in [0, 0.1) is 0 Å². The molecule has 9 heteroatoms. The van der Waals surface area contributed by atoms with E-state index in [1.807, 2.05) is 0 Å². The smallest absolute Gasteiger partial charge is 0.243 e. The van der Waals surface area contributed by atoms with E-state index >= 15 is 0 Å². The Morgan fingerprint density at radius 1 is 1.17 bits per heavy atom. The van der Waals surface area contributed by atoms with Crippen LogP contribution in [0.25, 0.3) is 0 Å². The molecule has 1 aromatic rings. The van der Waals surface area contributed by atoms with E-state index in [2.05, 4.69) is 0 Å². The maximum atomic E-state index is 12.5. The molecule has 6 nitrogen and oxygen atoms in total. The van der Waals surface area contributed by atoms with Crippen LogP contribution in [-0.4, -0.2) is 72.9 Å².